The summed E-state index contributed by atoms with van der Waals surface area (Å²) in [6, 6.07) is 8.09. The largest absolute Gasteiger partial charge is 0.497 e. The minimum atomic E-state index is 0.0590. The highest BCUT2D eigenvalue weighted by molar-refractivity contribution is 5.81. The number of aliphatic hydroxyl groups excluding tert-OH is 1. The lowest BCUT2D eigenvalue weighted by Crippen LogP contribution is -2.42. The Morgan fingerprint density at radius 1 is 1.41 bits per heavy atom. The van der Waals surface area contributed by atoms with E-state index in [4.69, 9.17) is 4.74 Å². The van der Waals surface area contributed by atoms with Gasteiger partial charge in [0.15, 0.2) is 0 Å². The second-order valence-electron chi connectivity index (χ2n) is 6.38. The van der Waals surface area contributed by atoms with Gasteiger partial charge in [-0.3, -0.25) is 9.69 Å². The molecule has 120 valence electrons. The van der Waals surface area contributed by atoms with Crippen LogP contribution in [0.4, 0.5) is 0 Å². The molecule has 1 aromatic rings. The first kappa shape index (κ1) is 15.3. The molecule has 1 aromatic carbocycles. The maximum absolute atomic E-state index is 11.9. The number of hydrogen-bond donors (Lipinski definition) is 2. The highest BCUT2D eigenvalue weighted by Gasteiger charge is 2.37. The average molecular weight is 304 g/mol. The first-order valence-electron chi connectivity index (χ1n) is 7.96. The standard InChI is InChI=1S/C17H24N2O3/c1-22-15-4-2-3-12(7-15)8-19-9-14(11-20)16(10-19)18-17(21)13-5-6-13/h2-4,7,13-14,16,20H,5-6,8-11H2,1H3,(H,18,21)/t14-,16+/m0/s1. The second-order valence-corrected chi connectivity index (χ2v) is 6.38. The van der Waals surface area contributed by atoms with Crippen molar-refractivity contribution in [2.45, 2.75) is 25.4 Å². The molecule has 5 heteroatoms. The molecule has 0 unspecified atom stereocenters. The Labute approximate surface area is 131 Å². The first-order valence-corrected chi connectivity index (χ1v) is 7.96. The zero-order valence-corrected chi connectivity index (χ0v) is 13.0. The van der Waals surface area contributed by atoms with Crippen molar-refractivity contribution in [1.29, 1.82) is 0 Å². The zero-order valence-electron chi connectivity index (χ0n) is 13.0. The van der Waals surface area contributed by atoms with E-state index in [1.54, 1.807) is 7.11 Å². The molecule has 1 amide bonds. The first-order chi connectivity index (χ1) is 10.7. The summed E-state index contributed by atoms with van der Waals surface area (Å²) < 4.78 is 5.25. The van der Waals surface area contributed by atoms with Crippen molar-refractivity contribution in [2.24, 2.45) is 11.8 Å². The highest BCUT2D eigenvalue weighted by Crippen LogP contribution is 2.30. The Morgan fingerprint density at radius 2 is 2.23 bits per heavy atom. The molecule has 1 heterocycles. The Hall–Kier alpha value is -1.59. The van der Waals surface area contributed by atoms with Crippen molar-refractivity contribution >= 4 is 5.91 Å². The summed E-state index contributed by atoms with van der Waals surface area (Å²) in [6.07, 6.45) is 2.02. The fraction of sp³-hybridized carbons (Fsp3) is 0.588. The molecule has 1 saturated heterocycles. The number of aliphatic hydroxyl groups is 1. The molecule has 1 saturated carbocycles. The summed E-state index contributed by atoms with van der Waals surface area (Å²) in [6.45, 7) is 2.53. The van der Waals surface area contributed by atoms with E-state index >= 15 is 0 Å². The summed E-state index contributed by atoms with van der Waals surface area (Å²) in [5.41, 5.74) is 1.19. The van der Waals surface area contributed by atoms with Gasteiger partial charge in [-0.15, -0.1) is 0 Å². The molecular weight excluding hydrogens is 280 g/mol. The third-order valence-corrected chi connectivity index (χ3v) is 4.57. The van der Waals surface area contributed by atoms with Gasteiger partial charge in [0.05, 0.1) is 7.11 Å². The number of rotatable bonds is 6. The van der Waals surface area contributed by atoms with E-state index in [1.807, 2.05) is 18.2 Å². The van der Waals surface area contributed by atoms with Gasteiger partial charge in [0.25, 0.3) is 0 Å². The molecule has 2 atom stereocenters. The zero-order chi connectivity index (χ0) is 15.5. The molecule has 1 aliphatic carbocycles. The van der Waals surface area contributed by atoms with Gasteiger partial charge >= 0.3 is 0 Å². The van der Waals surface area contributed by atoms with Gasteiger partial charge < -0.3 is 15.2 Å². The fourth-order valence-electron chi connectivity index (χ4n) is 3.11. The molecule has 5 nitrogen and oxygen atoms in total. The van der Waals surface area contributed by atoms with Crippen LogP contribution in [0.1, 0.15) is 18.4 Å². The molecule has 0 bridgehead atoms. The van der Waals surface area contributed by atoms with E-state index in [0.717, 1.165) is 38.2 Å². The summed E-state index contributed by atoms with van der Waals surface area (Å²) in [7, 11) is 1.67. The lowest BCUT2D eigenvalue weighted by atomic mass is 10.1. The monoisotopic (exact) mass is 304 g/mol. The number of methoxy groups -OCH3 is 1. The van der Waals surface area contributed by atoms with E-state index in [-0.39, 0.29) is 30.4 Å². The van der Waals surface area contributed by atoms with Crippen molar-refractivity contribution in [3.05, 3.63) is 29.8 Å². The number of ether oxygens (including phenoxy) is 1. The number of hydrogen-bond acceptors (Lipinski definition) is 4. The van der Waals surface area contributed by atoms with Crippen LogP contribution in [0.2, 0.25) is 0 Å². The molecule has 2 N–H and O–H groups in total. The van der Waals surface area contributed by atoms with Crippen LogP contribution in [0.15, 0.2) is 24.3 Å². The predicted molar refractivity (Wildman–Crippen MR) is 83.5 cm³/mol. The Bertz CT molecular complexity index is 530. The maximum atomic E-state index is 11.9. The lowest BCUT2D eigenvalue weighted by molar-refractivity contribution is -0.123. The number of carbonyl (C=O) groups is 1. The van der Waals surface area contributed by atoms with E-state index in [2.05, 4.69) is 16.3 Å². The maximum Gasteiger partial charge on any atom is 0.223 e. The SMILES string of the molecule is COc1cccc(CN2C[C@@H](CO)[C@H](NC(=O)C3CC3)C2)c1. The van der Waals surface area contributed by atoms with Crippen LogP contribution in [0.3, 0.4) is 0 Å². The highest BCUT2D eigenvalue weighted by atomic mass is 16.5. The lowest BCUT2D eigenvalue weighted by Gasteiger charge is -2.18. The number of amides is 1. The van der Waals surface area contributed by atoms with Crippen molar-refractivity contribution in [1.82, 2.24) is 10.2 Å². The van der Waals surface area contributed by atoms with E-state index in [1.165, 1.54) is 5.56 Å². The van der Waals surface area contributed by atoms with E-state index < -0.39 is 0 Å². The normalized spacial score (nSPS) is 25.2. The van der Waals surface area contributed by atoms with Crippen molar-refractivity contribution in [3.63, 3.8) is 0 Å². The van der Waals surface area contributed by atoms with E-state index in [0.29, 0.717) is 0 Å². The number of benzene rings is 1. The number of nitrogens with zero attached hydrogens (tertiary/aromatic N) is 1. The minimum Gasteiger partial charge on any atom is -0.497 e. The van der Waals surface area contributed by atoms with Crippen LogP contribution in [0.5, 0.6) is 5.75 Å². The van der Waals surface area contributed by atoms with Crippen LogP contribution >= 0.6 is 0 Å². The molecule has 2 fully saturated rings. The summed E-state index contributed by atoms with van der Waals surface area (Å²) in [4.78, 5) is 14.2. The van der Waals surface area contributed by atoms with Gasteiger partial charge in [-0.05, 0) is 30.5 Å². The third-order valence-electron chi connectivity index (χ3n) is 4.57. The molecule has 1 aliphatic heterocycles. The topological polar surface area (TPSA) is 61.8 Å². The van der Waals surface area contributed by atoms with Gasteiger partial charge in [-0.2, -0.15) is 0 Å². The van der Waals surface area contributed by atoms with Crippen LogP contribution in [0.25, 0.3) is 0 Å². The Kier molecular flexibility index (Phi) is 4.64. The second kappa shape index (κ2) is 6.67. The number of carbonyl (C=O) groups excluding carboxylic acids is 1. The van der Waals surface area contributed by atoms with E-state index in [9.17, 15) is 9.90 Å². The molecule has 0 spiro atoms. The van der Waals surface area contributed by atoms with Gasteiger partial charge in [0, 0.05) is 44.1 Å². The van der Waals surface area contributed by atoms with Gasteiger partial charge in [0.1, 0.15) is 5.75 Å². The fourth-order valence-corrected chi connectivity index (χ4v) is 3.11. The molecule has 2 aliphatic rings. The molecular formula is C17H24N2O3. The summed E-state index contributed by atoms with van der Waals surface area (Å²) in [5, 5.41) is 12.7. The molecule has 3 rings (SSSR count). The Morgan fingerprint density at radius 3 is 2.91 bits per heavy atom. The van der Waals surface area contributed by atoms with Crippen LogP contribution < -0.4 is 10.1 Å². The van der Waals surface area contributed by atoms with Crippen molar-refractivity contribution in [2.75, 3.05) is 26.8 Å². The van der Waals surface area contributed by atoms with Crippen molar-refractivity contribution in [3.8, 4) is 5.75 Å². The minimum absolute atomic E-state index is 0.0590. The molecule has 22 heavy (non-hydrogen) atoms. The number of nitrogens with one attached hydrogen (secondary N) is 1. The Balaban J connectivity index is 1.59. The van der Waals surface area contributed by atoms with Crippen LogP contribution in [-0.2, 0) is 11.3 Å². The van der Waals surface area contributed by atoms with Gasteiger partial charge in [0.2, 0.25) is 5.91 Å². The van der Waals surface area contributed by atoms with Crippen LogP contribution in [-0.4, -0.2) is 48.8 Å². The molecule has 0 radical (unpaired) electrons. The summed E-state index contributed by atoms with van der Waals surface area (Å²) >= 11 is 0. The predicted octanol–water partition coefficient (Wildman–Crippen LogP) is 1.01. The van der Waals surface area contributed by atoms with Crippen molar-refractivity contribution < 1.29 is 14.6 Å². The third kappa shape index (κ3) is 3.59. The smallest absolute Gasteiger partial charge is 0.223 e. The molecule has 0 aromatic heterocycles. The van der Waals surface area contributed by atoms with Crippen LogP contribution in [0, 0.1) is 11.8 Å². The summed E-state index contributed by atoms with van der Waals surface area (Å²) in [5.74, 6) is 1.35. The number of likely N-dealkylation sites (tertiary alicyclic amines) is 1. The van der Waals surface area contributed by atoms with Gasteiger partial charge in [-0.1, -0.05) is 12.1 Å². The van der Waals surface area contributed by atoms with Gasteiger partial charge in [-0.25, -0.2) is 0 Å². The quantitative estimate of drug-likeness (QED) is 0.823. The average Bonchev–Trinajstić information content (AvgIpc) is 3.31.